The maximum atomic E-state index is 13.4. The number of nitrogens with two attached hydrogens (primary N) is 1. The molecule has 12 nitrogen and oxygen atoms in total. The minimum absolute atomic E-state index is 0.0540. The molecule has 0 saturated heterocycles. The molecule has 2 aromatic carbocycles. The summed E-state index contributed by atoms with van der Waals surface area (Å²) in [6, 6.07) is 13.8. The van der Waals surface area contributed by atoms with Crippen LogP contribution in [0.15, 0.2) is 54.6 Å². The molecule has 0 aliphatic carbocycles. The zero-order chi connectivity index (χ0) is 30.4. The molecule has 0 aromatic heterocycles. The molecule has 0 saturated carbocycles. The average molecular weight is 567 g/mol. The first-order valence-electron chi connectivity index (χ1n) is 13.3. The van der Waals surface area contributed by atoms with Crippen LogP contribution in [0.3, 0.4) is 0 Å². The third-order valence-electron chi connectivity index (χ3n) is 6.19. The van der Waals surface area contributed by atoms with E-state index < -0.39 is 47.7 Å². The Morgan fingerprint density at radius 1 is 0.805 bits per heavy atom. The highest BCUT2D eigenvalue weighted by molar-refractivity contribution is 5.94. The number of carbonyl (C=O) groups excluding carboxylic acids is 4. The minimum atomic E-state index is -1.18. The number of benzene rings is 2. The molecule has 0 bridgehead atoms. The van der Waals surface area contributed by atoms with Crippen LogP contribution >= 0.6 is 0 Å². The molecule has 3 unspecified atom stereocenters. The summed E-state index contributed by atoms with van der Waals surface area (Å²) in [5, 5.41) is 26.9. The Morgan fingerprint density at radius 2 is 1.39 bits per heavy atom. The van der Waals surface area contributed by atoms with Crippen molar-refractivity contribution in [2.24, 2.45) is 5.73 Å². The van der Waals surface area contributed by atoms with Gasteiger partial charge in [-0.15, -0.1) is 0 Å². The van der Waals surface area contributed by atoms with Gasteiger partial charge in [-0.3, -0.25) is 29.4 Å². The normalized spacial score (nSPS) is 12.7. The fourth-order valence-electron chi connectivity index (χ4n) is 4.10. The van der Waals surface area contributed by atoms with Gasteiger partial charge in [-0.1, -0.05) is 54.6 Å². The number of amidine groups is 1. The standard InChI is InChI=1S/C29H38N6O6/c1-18(30)32-16-6-9-23(27(31)39)34-29(41)25(35-28(40)24(33-19(2)36)14-15-26(37)38)17-20-10-12-22(13-11-20)21-7-4-3-5-8-21/h3-5,7-8,10-13,23-25H,6,9,14-17H2,1-2H3,(H2,30,32)(H2,31,39)(H,33,36)(H,34,41)(H,35,40)(H,37,38). The van der Waals surface area contributed by atoms with Crippen molar-refractivity contribution in [1.29, 1.82) is 5.41 Å². The Kier molecular flexibility index (Phi) is 13.0. The zero-order valence-corrected chi connectivity index (χ0v) is 23.2. The third-order valence-corrected chi connectivity index (χ3v) is 6.19. The number of carboxylic acid groups (broad SMARTS) is 1. The first-order valence-corrected chi connectivity index (χ1v) is 13.3. The molecule has 0 heterocycles. The van der Waals surface area contributed by atoms with E-state index in [0.717, 1.165) is 11.1 Å². The van der Waals surface area contributed by atoms with Crippen molar-refractivity contribution in [2.75, 3.05) is 6.54 Å². The van der Waals surface area contributed by atoms with Crippen molar-refractivity contribution in [3.8, 4) is 11.1 Å². The molecule has 3 atom stereocenters. The van der Waals surface area contributed by atoms with Crippen LogP contribution in [0.1, 0.15) is 45.1 Å². The lowest BCUT2D eigenvalue weighted by Gasteiger charge is -2.25. The lowest BCUT2D eigenvalue weighted by Crippen LogP contribution is -2.57. The topological polar surface area (TPSA) is 204 Å². The maximum Gasteiger partial charge on any atom is 0.303 e. The van der Waals surface area contributed by atoms with Gasteiger partial charge in [-0.25, -0.2) is 0 Å². The van der Waals surface area contributed by atoms with Gasteiger partial charge in [0.1, 0.15) is 18.1 Å². The summed E-state index contributed by atoms with van der Waals surface area (Å²) in [6.07, 6.45) is 0.161. The second-order valence-corrected chi connectivity index (χ2v) is 9.67. The molecular formula is C29H38N6O6. The van der Waals surface area contributed by atoms with Gasteiger partial charge < -0.3 is 32.1 Å². The van der Waals surface area contributed by atoms with E-state index in [4.69, 9.17) is 16.2 Å². The van der Waals surface area contributed by atoms with E-state index in [-0.39, 0.29) is 31.5 Å². The third kappa shape index (κ3) is 11.9. The summed E-state index contributed by atoms with van der Waals surface area (Å²) in [5.74, 6) is -3.55. The van der Waals surface area contributed by atoms with Crippen LogP contribution < -0.4 is 27.0 Å². The largest absolute Gasteiger partial charge is 0.481 e. The first kappa shape index (κ1) is 32.5. The lowest BCUT2D eigenvalue weighted by atomic mass is 9.99. The summed E-state index contributed by atoms with van der Waals surface area (Å²) in [5.41, 5.74) is 8.20. The van der Waals surface area contributed by atoms with Crippen molar-refractivity contribution < 1.29 is 29.1 Å². The first-order chi connectivity index (χ1) is 19.5. The molecule has 4 amide bonds. The molecule has 220 valence electrons. The van der Waals surface area contributed by atoms with Crippen LogP contribution in [0, 0.1) is 5.41 Å². The van der Waals surface area contributed by atoms with Crippen molar-refractivity contribution in [3.05, 3.63) is 60.2 Å². The van der Waals surface area contributed by atoms with E-state index in [1.807, 2.05) is 54.6 Å². The van der Waals surface area contributed by atoms with E-state index >= 15 is 0 Å². The Hall–Kier alpha value is -4.74. The molecule has 12 heteroatoms. The van der Waals surface area contributed by atoms with Gasteiger partial charge in [0.2, 0.25) is 23.6 Å². The molecule has 0 aliphatic rings. The average Bonchev–Trinajstić information content (AvgIpc) is 2.92. The highest BCUT2D eigenvalue weighted by Gasteiger charge is 2.29. The molecule has 0 spiro atoms. The summed E-state index contributed by atoms with van der Waals surface area (Å²) in [4.78, 5) is 61.3. The van der Waals surface area contributed by atoms with E-state index in [2.05, 4.69) is 21.3 Å². The Bertz CT molecular complexity index is 1220. The number of nitrogens with one attached hydrogen (secondary N) is 5. The van der Waals surface area contributed by atoms with Crippen molar-refractivity contribution in [3.63, 3.8) is 0 Å². The van der Waals surface area contributed by atoms with Crippen molar-refractivity contribution in [1.82, 2.24) is 21.3 Å². The predicted molar refractivity (Wildman–Crippen MR) is 154 cm³/mol. The molecular weight excluding hydrogens is 528 g/mol. The summed E-state index contributed by atoms with van der Waals surface area (Å²) in [7, 11) is 0. The van der Waals surface area contributed by atoms with Gasteiger partial charge in [0.05, 0.1) is 5.84 Å². The highest BCUT2D eigenvalue weighted by atomic mass is 16.4. The molecule has 0 fully saturated rings. The maximum absolute atomic E-state index is 13.4. The summed E-state index contributed by atoms with van der Waals surface area (Å²) >= 11 is 0. The van der Waals surface area contributed by atoms with Crippen LogP contribution in [0.2, 0.25) is 0 Å². The quantitative estimate of drug-likeness (QED) is 0.0894. The summed E-state index contributed by atoms with van der Waals surface area (Å²) in [6.45, 7) is 3.19. The number of primary amides is 1. The number of aliphatic carboxylic acids is 1. The Morgan fingerprint density at radius 3 is 1.95 bits per heavy atom. The van der Waals surface area contributed by atoms with Gasteiger partial charge in [0.15, 0.2) is 0 Å². The van der Waals surface area contributed by atoms with Gasteiger partial charge >= 0.3 is 5.97 Å². The van der Waals surface area contributed by atoms with E-state index in [1.165, 1.54) is 6.92 Å². The van der Waals surface area contributed by atoms with E-state index in [0.29, 0.717) is 18.5 Å². The van der Waals surface area contributed by atoms with E-state index in [9.17, 15) is 24.0 Å². The minimum Gasteiger partial charge on any atom is -0.481 e. The van der Waals surface area contributed by atoms with Gasteiger partial charge in [-0.05, 0) is 42.9 Å². The van der Waals surface area contributed by atoms with Crippen LogP contribution in [-0.2, 0) is 30.4 Å². The molecule has 2 rings (SSSR count). The number of amides is 4. The predicted octanol–water partition coefficient (Wildman–Crippen LogP) is 1.09. The van der Waals surface area contributed by atoms with Crippen LogP contribution in [0.25, 0.3) is 11.1 Å². The second-order valence-electron chi connectivity index (χ2n) is 9.67. The van der Waals surface area contributed by atoms with Crippen LogP contribution in [0.4, 0.5) is 0 Å². The molecule has 8 N–H and O–H groups in total. The van der Waals surface area contributed by atoms with Gasteiger partial charge in [0, 0.05) is 26.3 Å². The van der Waals surface area contributed by atoms with Gasteiger partial charge in [0.25, 0.3) is 0 Å². The zero-order valence-electron chi connectivity index (χ0n) is 23.2. The number of hydrogen-bond acceptors (Lipinski definition) is 6. The molecule has 0 aliphatic heterocycles. The highest BCUT2D eigenvalue weighted by Crippen LogP contribution is 2.20. The molecule has 41 heavy (non-hydrogen) atoms. The SMILES string of the molecule is CC(=N)NCCCC(NC(=O)C(Cc1ccc(-c2ccccc2)cc1)NC(=O)C(CCC(=O)O)NC(C)=O)C(N)=O. The number of carbonyl (C=O) groups is 5. The fourth-order valence-corrected chi connectivity index (χ4v) is 4.10. The van der Waals surface area contributed by atoms with E-state index in [1.54, 1.807) is 6.92 Å². The molecule has 0 radical (unpaired) electrons. The number of rotatable bonds is 16. The van der Waals surface area contributed by atoms with Crippen LogP contribution in [0.5, 0.6) is 0 Å². The number of hydrogen-bond donors (Lipinski definition) is 7. The monoisotopic (exact) mass is 566 g/mol. The smallest absolute Gasteiger partial charge is 0.303 e. The summed E-state index contributed by atoms with van der Waals surface area (Å²) < 4.78 is 0. The molecule has 2 aromatic rings. The van der Waals surface area contributed by atoms with Gasteiger partial charge in [-0.2, -0.15) is 0 Å². The number of carboxylic acids is 1. The van der Waals surface area contributed by atoms with Crippen molar-refractivity contribution in [2.45, 2.75) is 64.1 Å². The second kappa shape index (κ2) is 16.4. The Labute approximate surface area is 239 Å². The fraction of sp³-hybridized carbons (Fsp3) is 0.379. The lowest BCUT2D eigenvalue weighted by molar-refractivity contribution is -0.138. The Balaban J connectivity index is 2.25. The van der Waals surface area contributed by atoms with Crippen molar-refractivity contribution >= 4 is 35.4 Å². The van der Waals surface area contributed by atoms with Crippen LogP contribution in [-0.4, -0.2) is 65.2 Å².